The van der Waals surface area contributed by atoms with Crippen molar-refractivity contribution in [2.45, 2.75) is 25.4 Å². The van der Waals surface area contributed by atoms with E-state index in [0.717, 1.165) is 0 Å². The zero-order valence-electron chi connectivity index (χ0n) is 16.3. The maximum Gasteiger partial charge on any atom is 0.261 e. The summed E-state index contributed by atoms with van der Waals surface area (Å²) in [6.07, 6.45) is 1.21. The summed E-state index contributed by atoms with van der Waals surface area (Å²) in [4.78, 5) is 28.7. The molecule has 2 saturated heterocycles. The molecule has 160 valence electrons. The van der Waals surface area contributed by atoms with Crippen molar-refractivity contribution in [2.75, 3.05) is 36.0 Å². The Labute approximate surface area is 183 Å². The van der Waals surface area contributed by atoms with E-state index in [1.807, 2.05) is 4.90 Å². The van der Waals surface area contributed by atoms with Gasteiger partial charge in [0.2, 0.25) is 5.91 Å². The van der Waals surface area contributed by atoms with Gasteiger partial charge in [0.25, 0.3) is 5.91 Å². The molecule has 2 atom stereocenters. The lowest BCUT2D eigenvalue weighted by Crippen LogP contribution is -2.44. The summed E-state index contributed by atoms with van der Waals surface area (Å²) in [5, 5.41) is 12.6. The topological polar surface area (TPSA) is 72.9 Å². The van der Waals surface area contributed by atoms with E-state index in [2.05, 4.69) is 5.32 Å². The van der Waals surface area contributed by atoms with Crippen molar-refractivity contribution in [1.29, 1.82) is 0 Å². The van der Waals surface area contributed by atoms with E-state index in [4.69, 9.17) is 11.6 Å². The van der Waals surface area contributed by atoms with Crippen LogP contribution in [0.3, 0.4) is 0 Å². The molecule has 9 heteroatoms. The number of piperidine rings is 1. The Kier molecular flexibility index (Phi) is 6.26. The maximum atomic E-state index is 14.7. The molecule has 2 aliphatic heterocycles. The molecule has 1 aromatic heterocycles. The quantitative estimate of drug-likeness (QED) is 0.731. The van der Waals surface area contributed by atoms with Gasteiger partial charge in [-0.25, -0.2) is 4.39 Å². The highest BCUT2D eigenvalue weighted by Crippen LogP contribution is 2.30. The van der Waals surface area contributed by atoms with Gasteiger partial charge >= 0.3 is 0 Å². The molecule has 2 N–H and O–H groups in total. The second-order valence-electron chi connectivity index (χ2n) is 7.75. The van der Waals surface area contributed by atoms with E-state index in [0.29, 0.717) is 66.0 Å². The molecular weight excluding hydrogens is 429 g/mol. The SMILES string of the molecule is O=C(NCC1CCC(=O)N(c2ccc(N3CCC(O)C3)c(F)c2)C1)c1ccc(Cl)s1. The molecule has 0 spiro atoms. The van der Waals surface area contributed by atoms with E-state index < -0.39 is 11.9 Å². The van der Waals surface area contributed by atoms with Crippen molar-refractivity contribution < 1.29 is 19.1 Å². The summed E-state index contributed by atoms with van der Waals surface area (Å²) in [7, 11) is 0. The van der Waals surface area contributed by atoms with Crippen LogP contribution in [0.15, 0.2) is 30.3 Å². The fourth-order valence-corrected chi connectivity index (χ4v) is 4.93. The highest BCUT2D eigenvalue weighted by Gasteiger charge is 2.29. The Bertz CT molecular complexity index is 953. The minimum Gasteiger partial charge on any atom is -0.391 e. The normalized spacial score (nSPS) is 21.9. The zero-order valence-corrected chi connectivity index (χ0v) is 17.9. The van der Waals surface area contributed by atoms with Crippen LogP contribution in [0, 0.1) is 11.7 Å². The van der Waals surface area contributed by atoms with Crippen LogP contribution in [0.5, 0.6) is 0 Å². The number of nitrogens with zero attached hydrogens (tertiary/aromatic N) is 2. The lowest BCUT2D eigenvalue weighted by atomic mass is 9.96. The van der Waals surface area contributed by atoms with Gasteiger partial charge in [0.1, 0.15) is 5.82 Å². The Morgan fingerprint density at radius 1 is 1.27 bits per heavy atom. The van der Waals surface area contributed by atoms with E-state index in [1.165, 1.54) is 17.4 Å². The molecule has 0 bridgehead atoms. The second kappa shape index (κ2) is 8.91. The minimum absolute atomic E-state index is 0.0497. The summed E-state index contributed by atoms with van der Waals surface area (Å²) >= 11 is 7.10. The number of β-amino-alcohol motifs (C(OH)–C–C–N with tert-alkyl or cyclic N) is 1. The smallest absolute Gasteiger partial charge is 0.261 e. The average Bonchev–Trinajstić information content (AvgIpc) is 3.35. The van der Waals surface area contributed by atoms with Gasteiger partial charge in [-0.05, 0) is 49.1 Å². The fourth-order valence-electron chi connectivity index (χ4n) is 3.97. The molecule has 2 aromatic rings. The molecular formula is C21H23ClFN3O3S. The average molecular weight is 452 g/mol. The molecule has 2 amide bonds. The van der Waals surface area contributed by atoms with Crippen molar-refractivity contribution in [3.8, 4) is 0 Å². The first-order valence-electron chi connectivity index (χ1n) is 9.97. The van der Waals surface area contributed by atoms with Crippen molar-refractivity contribution in [3.63, 3.8) is 0 Å². The minimum atomic E-state index is -0.436. The number of thiophene rings is 1. The van der Waals surface area contributed by atoms with Gasteiger partial charge in [-0.1, -0.05) is 11.6 Å². The van der Waals surface area contributed by atoms with E-state index >= 15 is 0 Å². The summed E-state index contributed by atoms with van der Waals surface area (Å²) in [5.74, 6) is -0.553. The summed E-state index contributed by atoms with van der Waals surface area (Å²) < 4.78 is 15.3. The van der Waals surface area contributed by atoms with Gasteiger partial charge < -0.3 is 20.2 Å². The highest BCUT2D eigenvalue weighted by molar-refractivity contribution is 7.17. The molecule has 0 radical (unpaired) electrons. The number of nitrogens with one attached hydrogen (secondary N) is 1. The molecule has 0 saturated carbocycles. The van der Waals surface area contributed by atoms with E-state index in [1.54, 1.807) is 29.2 Å². The third-order valence-electron chi connectivity index (χ3n) is 5.60. The lowest BCUT2D eigenvalue weighted by Gasteiger charge is -2.33. The van der Waals surface area contributed by atoms with Crippen molar-refractivity contribution in [3.05, 3.63) is 45.4 Å². The number of amides is 2. The standard InChI is InChI=1S/C21H23ClFN3O3S/c22-19-5-4-18(30-19)21(29)24-10-13-1-6-20(28)26(11-13)14-2-3-17(16(23)9-14)25-8-7-15(27)12-25/h2-5,9,13,15,27H,1,6-8,10-12H2,(H,24,29). The third-order valence-corrected chi connectivity index (χ3v) is 6.83. The number of hydrogen-bond donors (Lipinski definition) is 2. The van der Waals surface area contributed by atoms with Crippen LogP contribution in [0.25, 0.3) is 0 Å². The lowest BCUT2D eigenvalue weighted by molar-refractivity contribution is -0.120. The summed E-state index contributed by atoms with van der Waals surface area (Å²) in [6.45, 7) is 1.88. The van der Waals surface area contributed by atoms with Crippen LogP contribution in [-0.4, -0.2) is 49.2 Å². The fraction of sp³-hybridized carbons (Fsp3) is 0.429. The Balaban J connectivity index is 1.40. The largest absolute Gasteiger partial charge is 0.391 e. The van der Waals surface area contributed by atoms with Gasteiger partial charge in [-0.3, -0.25) is 9.59 Å². The molecule has 2 aliphatic rings. The van der Waals surface area contributed by atoms with Gasteiger partial charge in [-0.15, -0.1) is 11.3 Å². The predicted molar refractivity (Wildman–Crippen MR) is 116 cm³/mol. The van der Waals surface area contributed by atoms with Crippen LogP contribution in [-0.2, 0) is 4.79 Å². The highest BCUT2D eigenvalue weighted by atomic mass is 35.5. The zero-order chi connectivity index (χ0) is 21.3. The van der Waals surface area contributed by atoms with Gasteiger partial charge in [0.05, 0.1) is 21.0 Å². The Morgan fingerprint density at radius 3 is 2.77 bits per heavy atom. The molecule has 4 rings (SSSR count). The first-order chi connectivity index (χ1) is 14.4. The number of carbonyl (C=O) groups excluding carboxylic acids is 2. The molecule has 6 nitrogen and oxygen atoms in total. The first kappa shape index (κ1) is 21.1. The number of hydrogen-bond acceptors (Lipinski definition) is 5. The van der Waals surface area contributed by atoms with Crippen LogP contribution >= 0.6 is 22.9 Å². The Hall–Kier alpha value is -2.16. The molecule has 1 aromatic carbocycles. The number of carbonyl (C=O) groups is 2. The molecule has 3 heterocycles. The molecule has 30 heavy (non-hydrogen) atoms. The number of aliphatic hydroxyl groups excluding tert-OH is 1. The van der Waals surface area contributed by atoms with Gasteiger partial charge in [-0.2, -0.15) is 0 Å². The Morgan fingerprint density at radius 2 is 2.10 bits per heavy atom. The van der Waals surface area contributed by atoms with E-state index in [9.17, 15) is 19.1 Å². The van der Waals surface area contributed by atoms with E-state index in [-0.39, 0.29) is 17.7 Å². The number of aliphatic hydroxyl groups is 1. The van der Waals surface area contributed by atoms with Crippen molar-refractivity contribution >= 4 is 46.1 Å². The van der Waals surface area contributed by atoms with Crippen LogP contribution in [0.2, 0.25) is 4.34 Å². The monoisotopic (exact) mass is 451 g/mol. The van der Waals surface area contributed by atoms with Crippen molar-refractivity contribution in [1.82, 2.24) is 5.32 Å². The van der Waals surface area contributed by atoms with Gasteiger partial charge in [0, 0.05) is 38.3 Å². The van der Waals surface area contributed by atoms with Crippen LogP contribution in [0.1, 0.15) is 28.9 Å². The van der Waals surface area contributed by atoms with Crippen molar-refractivity contribution in [2.24, 2.45) is 5.92 Å². The van der Waals surface area contributed by atoms with Crippen LogP contribution in [0.4, 0.5) is 15.8 Å². The number of anilines is 2. The number of benzene rings is 1. The first-order valence-corrected chi connectivity index (χ1v) is 11.2. The third kappa shape index (κ3) is 4.61. The van der Waals surface area contributed by atoms with Gasteiger partial charge in [0.15, 0.2) is 0 Å². The molecule has 2 fully saturated rings. The predicted octanol–water partition coefficient (Wildman–Crippen LogP) is 3.28. The number of rotatable bonds is 5. The number of halogens is 2. The molecule has 2 unspecified atom stereocenters. The maximum absolute atomic E-state index is 14.7. The molecule has 0 aliphatic carbocycles. The summed E-state index contributed by atoms with van der Waals surface area (Å²) in [5.41, 5.74) is 0.959. The van der Waals surface area contributed by atoms with Crippen LogP contribution < -0.4 is 15.1 Å². The second-order valence-corrected chi connectivity index (χ2v) is 9.46. The summed E-state index contributed by atoms with van der Waals surface area (Å²) in [6, 6.07) is 8.16.